The number of imidazole rings is 1. The smallest absolute Gasteiger partial charge is 0.166 e. The Bertz CT molecular complexity index is 1460. The van der Waals surface area contributed by atoms with Gasteiger partial charge in [-0.3, -0.25) is 9.88 Å². The zero-order valence-corrected chi connectivity index (χ0v) is 24.8. The minimum Gasteiger partial charge on any atom is -0.492 e. The molecule has 5 rings (SSSR count). The number of halogens is 1. The molecular formula is C30H39ClN8O. The second-order valence-corrected chi connectivity index (χ2v) is 12.0. The van der Waals surface area contributed by atoms with Crippen molar-refractivity contribution in [3.8, 4) is 17.1 Å². The maximum Gasteiger partial charge on any atom is 0.166 e. The van der Waals surface area contributed by atoms with Crippen LogP contribution < -0.4 is 15.4 Å². The van der Waals surface area contributed by atoms with E-state index in [-0.39, 0.29) is 11.5 Å². The number of hydrogen-bond donors (Lipinski definition) is 2. The average Bonchev–Trinajstić information content (AvgIpc) is 3.28. The van der Waals surface area contributed by atoms with Crippen LogP contribution in [-0.4, -0.2) is 74.8 Å². The van der Waals surface area contributed by atoms with Crippen LogP contribution in [0.25, 0.3) is 22.6 Å². The van der Waals surface area contributed by atoms with E-state index in [0.29, 0.717) is 35.3 Å². The molecule has 9 nitrogen and oxygen atoms in total. The molecule has 2 N–H and O–H groups in total. The molecule has 0 bridgehead atoms. The first-order valence-corrected chi connectivity index (χ1v) is 14.3. The first-order chi connectivity index (χ1) is 19.2. The lowest BCUT2D eigenvalue weighted by molar-refractivity contribution is 0.191. The number of rotatable bonds is 9. The Kier molecular flexibility index (Phi) is 8.54. The molecule has 3 aromatic heterocycles. The molecule has 0 saturated carbocycles. The summed E-state index contributed by atoms with van der Waals surface area (Å²) in [5, 5.41) is 7.51. The maximum atomic E-state index is 6.88. The zero-order chi connectivity index (χ0) is 28.3. The molecule has 0 aliphatic carbocycles. The van der Waals surface area contributed by atoms with Crippen molar-refractivity contribution in [3.63, 3.8) is 0 Å². The molecule has 0 radical (unpaired) electrons. The lowest BCUT2D eigenvalue weighted by Gasteiger charge is -2.28. The zero-order valence-electron chi connectivity index (χ0n) is 24.0. The summed E-state index contributed by atoms with van der Waals surface area (Å²) in [6, 6.07) is 10.0. The van der Waals surface area contributed by atoms with Gasteiger partial charge < -0.3 is 19.9 Å². The highest BCUT2D eigenvalue weighted by molar-refractivity contribution is 6.33. The van der Waals surface area contributed by atoms with Crippen LogP contribution >= 0.6 is 11.6 Å². The topological polar surface area (TPSA) is 93.0 Å². The number of aryl methyl sites for hydroxylation is 1. The van der Waals surface area contributed by atoms with Crippen molar-refractivity contribution in [3.05, 3.63) is 59.1 Å². The van der Waals surface area contributed by atoms with Gasteiger partial charge in [0.05, 0.1) is 17.3 Å². The van der Waals surface area contributed by atoms with Crippen molar-refractivity contribution in [2.24, 2.45) is 5.41 Å². The number of ether oxygens (including phenoxy) is 1. The molecule has 1 atom stereocenters. The molecule has 1 aliphatic rings. The van der Waals surface area contributed by atoms with Crippen LogP contribution in [0.4, 0.5) is 5.82 Å². The first kappa shape index (κ1) is 28.3. The maximum absolute atomic E-state index is 6.88. The fourth-order valence-electron chi connectivity index (χ4n) is 4.66. The Morgan fingerprint density at radius 2 is 1.90 bits per heavy atom. The summed E-state index contributed by atoms with van der Waals surface area (Å²) in [5.41, 5.74) is 4.33. The van der Waals surface area contributed by atoms with Crippen LogP contribution in [0, 0.1) is 12.3 Å². The highest BCUT2D eigenvalue weighted by Gasteiger charge is 2.24. The molecule has 1 aliphatic heterocycles. The van der Waals surface area contributed by atoms with Gasteiger partial charge in [-0.1, -0.05) is 32.4 Å². The van der Waals surface area contributed by atoms with E-state index in [4.69, 9.17) is 21.3 Å². The molecule has 40 heavy (non-hydrogen) atoms. The number of anilines is 1. The van der Waals surface area contributed by atoms with Crippen molar-refractivity contribution in [2.75, 3.05) is 44.6 Å². The Morgan fingerprint density at radius 3 is 2.62 bits per heavy atom. The molecule has 4 aromatic rings. The number of hydrogen-bond acceptors (Lipinski definition) is 8. The Hall–Kier alpha value is -3.27. The molecule has 0 amide bonds. The van der Waals surface area contributed by atoms with Crippen molar-refractivity contribution in [2.45, 2.75) is 47.2 Å². The molecule has 1 saturated heterocycles. The normalized spacial score (nSPS) is 15.3. The van der Waals surface area contributed by atoms with E-state index < -0.39 is 0 Å². The quantitative estimate of drug-likeness (QED) is 0.293. The van der Waals surface area contributed by atoms with Gasteiger partial charge >= 0.3 is 0 Å². The van der Waals surface area contributed by atoms with Gasteiger partial charge in [-0.2, -0.15) is 0 Å². The summed E-state index contributed by atoms with van der Waals surface area (Å²) in [4.78, 5) is 21.3. The standard InChI is InChI=1S/C30H39ClN8O/c1-20-8-9-33-22(16-20)18-39-28(37-26-27(34-19-35-29(26)39)36-21(2)30(3,4)5)24-7-6-23(17-25(24)31)40-15-14-38-12-10-32-11-13-38/h6-9,16-17,19,21,32H,10-15,18H2,1-5H3,(H,34,35,36). The number of pyridine rings is 1. The fraction of sp³-hybridized carbons (Fsp3) is 0.467. The molecule has 212 valence electrons. The Labute approximate surface area is 241 Å². The van der Waals surface area contributed by atoms with E-state index in [1.807, 2.05) is 30.5 Å². The van der Waals surface area contributed by atoms with Crippen LogP contribution in [0.1, 0.15) is 39.0 Å². The molecular weight excluding hydrogens is 524 g/mol. The highest BCUT2D eigenvalue weighted by atomic mass is 35.5. The second kappa shape index (κ2) is 12.1. The van der Waals surface area contributed by atoms with Gasteiger partial charge in [0, 0.05) is 50.5 Å². The third kappa shape index (κ3) is 6.54. The van der Waals surface area contributed by atoms with E-state index >= 15 is 0 Å². The second-order valence-electron chi connectivity index (χ2n) is 11.6. The summed E-state index contributed by atoms with van der Waals surface area (Å²) in [6.45, 7) is 17.0. The number of nitrogens with zero attached hydrogens (tertiary/aromatic N) is 6. The lowest BCUT2D eigenvalue weighted by Crippen LogP contribution is -2.44. The van der Waals surface area contributed by atoms with Crippen LogP contribution in [0.2, 0.25) is 5.02 Å². The van der Waals surface area contributed by atoms with E-state index in [2.05, 4.69) is 75.7 Å². The summed E-state index contributed by atoms with van der Waals surface area (Å²) in [7, 11) is 0. The first-order valence-electron chi connectivity index (χ1n) is 13.9. The summed E-state index contributed by atoms with van der Waals surface area (Å²) >= 11 is 6.88. The number of fused-ring (bicyclic) bond motifs is 1. The molecule has 4 heterocycles. The van der Waals surface area contributed by atoms with E-state index in [0.717, 1.165) is 60.9 Å². The van der Waals surface area contributed by atoms with Gasteiger partial charge in [-0.05, 0) is 55.2 Å². The minimum atomic E-state index is 0.0399. The Morgan fingerprint density at radius 1 is 1.10 bits per heavy atom. The summed E-state index contributed by atoms with van der Waals surface area (Å²) < 4.78 is 8.12. The van der Waals surface area contributed by atoms with Crippen molar-refractivity contribution < 1.29 is 4.74 Å². The van der Waals surface area contributed by atoms with E-state index in [9.17, 15) is 0 Å². The summed E-state index contributed by atoms with van der Waals surface area (Å²) in [6.07, 6.45) is 3.42. The van der Waals surface area contributed by atoms with Gasteiger partial charge in [0.2, 0.25) is 0 Å². The van der Waals surface area contributed by atoms with E-state index in [1.54, 1.807) is 6.33 Å². The number of piperazine rings is 1. The molecule has 10 heteroatoms. The van der Waals surface area contributed by atoms with Crippen molar-refractivity contribution >= 4 is 28.6 Å². The van der Waals surface area contributed by atoms with Crippen molar-refractivity contribution in [1.29, 1.82) is 0 Å². The highest BCUT2D eigenvalue weighted by Crippen LogP contribution is 2.35. The van der Waals surface area contributed by atoms with Crippen LogP contribution in [0.3, 0.4) is 0 Å². The predicted octanol–water partition coefficient (Wildman–Crippen LogP) is 5.03. The number of aromatic nitrogens is 5. The summed E-state index contributed by atoms with van der Waals surface area (Å²) in [5.74, 6) is 2.16. The monoisotopic (exact) mass is 562 g/mol. The third-order valence-electron chi connectivity index (χ3n) is 7.54. The van der Waals surface area contributed by atoms with Crippen LogP contribution in [0.5, 0.6) is 5.75 Å². The largest absolute Gasteiger partial charge is 0.492 e. The predicted molar refractivity (Wildman–Crippen MR) is 161 cm³/mol. The molecule has 1 aromatic carbocycles. The van der Waals surface area contributed by atoms with E-state index in [1.165, 1.54) is 0 Å². The molecule has 1 unspecified atom stereocenters. The minimum absolute atomic E-state index is 0.0399. The Balaban J connectivity index is 1.48. The number of nitrogens with one attached hydrogen (secondary N) is 2. The van der Waals surface area contributed by atoms with Gasteiger partial charge in [0.1, 0.15) is 24.5 Å². The average molecular weight is 563 g/mol. The lowest BCUT2D eigenvalue weighted by atomic mass is 9.88. The SMILES string of the molecule is Cc1ccnc(Cn2c(-c3ccc(OCCN4CCNCC4)cc3Cl)nc3c(NC(C)C(C)(C)C)ncnc32)c1. The molecule has 0 spiro atoms. The van der Waals surface area contributed by atoms with Crippen LogP contribution in [0.15, 0.2) is 42.9 Å². The van der Waals surface area contributed by atoms with Gasteiger partial charge in [0.15, 0.2) is 17.0 Å². The van der Waals surface area contributed by atoms with Crippen LogP contribution in [-0.2, 0) is 6.54 Å². The van der Waals surface area contributed by atoms with Gasteiger partial charge in [-0.15, -0.1) is 0 Å². The molecule has 1 fully saturated rings. The van der Waals surface area contributed by atoms with Gasteiger partial charge in [-0.25, -0.2) is 15.0 Å². The third-order valence-corrected chi connectivity index (χ3v) is 7.86. The number of benzene rings is 1. The fourth-order valence-corrected chi connectivity index (χ4v) is 4.92. The van der Waals surface area contributed by atoms with Crippen molar-refractivity contribution in [1.82, 2.24) is 34.7 Å². The van der Waals surface area contributed by atoms with Gasteiger partial charge in [0.25, 0.3) is 0 Å².